The summed E-state index contributed by atoms with van der Waals surface area (Å²) in [6, 6.07) is -0.0290. The SMILES string of the molecule is CC[C@H]1OC(=O)[C@H](C)[C@@H](OC2C[C@@](C)(OC)[C@@H](O[Si](C)(C)C)[C@H](C)O2)[C@H](C)[C@@H](OC2O[C@H](C)C[C@H](N(C)C)[C@H]2O[Si](C)(C)C)[C@@](C)(O)C[C@@H](C)[C@@H]2OC(C)(C)O[C@H]([C@H]2C)[C@]1(C)O. The van der Waals surface area contributed by atoms with E-state index in [1.165, 1.54) is 0 Å². The van der Waals surface area contributed by atoms with Crippen molar-refractivity contribution in [1.29, 1.82) is 0 Å². The van der Waals surface area contributed by atoms with Gasteiger partial charge in [0.25, 0.3) is 0 Å². The number of cyclic esters (lactones) is 1. The molecule has 4 heterocycles. The van der Waals surface area contributed by atoms with Crippen LogP contribution in [0.15, 0.2) is 0 Å². The predicted molar refractivity (Wildman–Crippen MR) is 243 cm³/mol. The number of hydrogen-bond acceptors (Lipinski definition) is 14. The molecule has 364 valence electrons. The van der Waals surface area contributed by atoms with E-state index in [1.54, 1.807) is 27.9 Å². The number of rotatable bonds is 11. The Balaban J connectivity index is 1.91. The number of aliphatic hydroxyl groups is 2. The van der Waals surface area contributed by atoms with Crippen molar-refractivity contribution in [3.63, 3.8) is 0 Å². The number of likely N-dealkylation sites (N-methyl/N-ethyl adjacent to an activating group) is 1. The van der Waals surface area contributed by atoms with Crippen LogP contribution in [0.5, 0.6) is 0 Å². The lowest BCUT2D eigenvalue weighted by molar-refractivity contribution is -0.360. The van der Waals surface area contributed by atoms with Gasteiger partial charge in [0, 0.05) is 31.4 Å². The normalized spacial score (nSPS) is 46.5. The number of fused-ring (bicyclic) bond motifs is 2. The molecule has 2 N–H and O–H groups in total. The third-order valence-electron chi connectivity index (χ3n) is 13.7. The van der Waals surface area contributed by atoms with Crippen molar-refractivity contribution in [3.05, 3.63) is 0 Å². The minimum Gasteiger partial charge on any atom is -0.459 e. The van der Waals surface area contributed by atoms with Crippen LogP contribution >= 0.6 is 0 Å². The molecule has 4 aliphatic rings. The Hall–Kier alpha value is -0.576. The molecule has 14 nitrogen and oxygen atoms in total. The second-order valence-corrected chi connectivity index (χ2v) is 31.6. The van der Waals surface area contributed by atoms with Gasteiger partial charge in [-0.3, -0.25) is 4.79 Å². The fourth-order valence-corrected chi connectivity index (χ4v) is 13.1. The zero-order valence-electron chi connectivity index (χ0n) is 42.4. The second-order valence-electron chi connectivity index (χ2n) is 22.7. The molecule has 0 saturated carbocycles. The van der Waals surface area contributed by atoms with E-state index in [0.29, 0.717) is 12.8 Å². The fourth-order valence-electron chi connectivity index (χ4n) is 10.8. The van der Waals surface area contributed by atoms with Gasteiger partial charge in [0.2, 0.25) is 0 Å². The second kappa shape index (κ2) is 19.9. The van der Waals surface area contributed by atoms with E-state index in [4.69, 9.17) is 46.7 Å². The highest BCUT2D eigenvalue weighted by atomic mass is 28.4. The smallest absolute Gasteiger partial charge is 0.311 e. The molecule has 0 aliphatic carbocycles. The van der Waals surface area contributed by atoms with E-state index in [2.05, 4.69) is 51.1 Å². The van der Waals surface area contributed by atoms with E-state index in [-0.39, 0.29) is 36.5 Å². The first-order chi connectivity index (χ1) is 28.2. The first kappa shape index (κ1) is 54.0. The Morgan fingerprint density at radius 1 is 0.790 bits per heavy atom. The monoisotopic (exact) mass is 920 g/mol. The largest absolute Gasteiger partial charge is 0.459 e. The van der Waals surface area contributed by atoms with Crippen LogP contribution in [0, 0.1) is 23.7 Å². The Labute approximate surface area is 377 Å². The highest BCUT2D eigenvalue weighted by Crippen LogP contribution is 2.46. The van der Waals surface area contributed by atoms with E-state index in [1.807, 2.05) is 69.5 Å². The Morgan fingerprint density at radius 3 is 1.92 bits per heavy atom. The highest BCUT2D eigenvalue weighted by molar-refractivity contribution is 6.70. The van der Waals surface area contributed by atoms with Gasteiger partial charge >= 0.3 is 5.97 Å². The summed E-state index contributed by atoms with van der Waals surface area (Å²) in [5, 5.41) is 25.6. The molecule has 16 heteroatoms. The number of nitrogens with zero attached hydrogens (tertiary/aromatic N) is 1. The third kappa shape index (κ3) is 12.7. The van der Waals surface area contributed by atoms with E-state index >= 15 is 0 Å². The fraction of sp³-hybridized carbons (Fsp3) is 0.978. The highest BCUT2D eigenvalue weighted by Gasteiger charge is 2.57. The third-order valence-corrected chi connectivity index (χ3v) is 15.6. The van der Waals surface area contributed by atoms with Crippen molar-refractivity contribution < 1.29 is 61.8 Å². The molecular weight excluding hydrogens is 831 g/mol. The summed E-state index contributed by atoms with van der Waals surface area (Å²) in [6.07, 6.45) is -5.55. The number of esters is 1. The number of carbonyl (C=O) groups is 1. The zero-order valence-corrected chi connectivity index (χ0v) is 44.4. The summed E-state index contributed by atoms with van der Waals surface area (Å²) < 4.78 is 67.0. The Morgan fingerprint density at radius 2 is 1.39 bits per heavy atom. The zero-order chi connectivity index (χ0) is 47.3. The standard InChI is InChI=1S/C46H89NO13Si2/c1-22-33-46(12,50)39-28(4)35(57-43(8,9)58-39)26(2)24-44(10,49)38(56-42-37(59-61(16,17)18)32(47(13)14)23-27(3)52-42)29(5)36(30(6)41(48)54-33)55-34-25-45(11,51-15)40(31(7)53-34)60-62(19,20)21/h26-40,42,49-50H,22-25H2,1-21H3/t26-,27-,28+,29+,30-,31+,32+,33-,34?,35+,36+,37-,38-,39-,40+,42?,44+,45-,46-/m1/s1. The van der Waals surface area contributed by atoms with Crippen LogP contribution in [-0.4, -0.2) is 155 Å². The average molecular weight is 920 g/mol. The summed E-state index contributed by atoms with van der Waals surface area (Å²) in [5.74, 6) is -3.85. The van der Waals surface area contributed by atoms with Gasteiger partial charge in [-0.15, -0.1) is 0 Å². The molecule has 2 bridgehead atoms. The summed E-state index contributed by atoms with van der Waals surface area (Å²) >= 11 is 0. The minimum atomic E-state index is -2.17. The molecule has 2 unspecified atom stereocenters. The molecule has 4 aliphatic heterocycles. The molecule has 0 aromatic rings. The van der Waals surface area contributed by atoms with Crippen LogP contribution in [0.2, 0.25) is 39.3 Å². The quantitative estimate of drug-likeness (QED) is 0.160. The molecule has 4 fully saturated rings. The lowest BCUT2D eigenvalue weighted by atomic mass is 9.72. The van der Waals surface area contributed by atoms with Crippen molar-refractivity contribution in [3.8, 4) is 0 Å². The maximum absolute atomic E-state index is 14.7. The molecule has 19 atom stereocenters. The molecule has 4 rings (SSSR count). The lowest BCUT2D eigenvalue weighted by Crippen LogP contribution is -2.65. The van der Waals surface area contributed by atoms with Crippen molar-refractivity contribution in [2.45, 2.75) is 244 Å². The van der Waals surface area contributed by atoms with Crippen LogP contribution in [0.25, 0.3) is 0 Å². The molecule has 0 radical (unpaired) electrons. The first-order valence-corrected chi connectivity index (χ1v) is 30.2. The van der Waals surface area contributed by atoms with Gasteiger partial charge < -0.3 is 61.9 Å². The Kier molecular flexibility index (Phi) is 17.4. The van der Waals surface area contributed by atoms with E-state index < -0.39 is 112 Å². The van der Waals surface area contributed by atoms with Crippen LogP contribution in [0.3, 0.4) is 0 Å². The Bertz CT molecular complexity index is 1470. The number of hydrogen-bond donors (Lipinski definition) is 2. The number of methoxy groups -OCH3 is 1. The maximum Gasteiger partial charge on any atom is 0.311 e. The average Bonchev–Trinajstić information content (AvgIpc) is 3.12. The van der Waals surface area contributed by atoms with Crippen molar-refractivity contribution in [2.24, 2.45) is 23.7 Å². The van der Waals surface area contributed by atoms with Crippen molar-refractivity contribution >= 4 is 22.6 Å². The van der Waals surface area contributed by atoms with Crippen LogP contribution in [0.1, 0.15) is 109 Å². The first-order valence-electron chi connectivity index (χ1n) is 23.4. The minimum absolute atomic E-state index is 0.0290. The summed E-state index contributed by atoms with van der Waals surface area (Å²) in [5.41, 5.74) is -3.93. The molecule has 0 aromatic heterocycles. The maximum atomic E-state index is 14.7. The molecule has 62 heavy (non-hydrogen) atoms. The topological polar surface area (TPSA) is 153 Å². The van der Waals surface area contributed by atoms with Crippen molar-refractivity contribution in [1.82, 2.24) is 4.90 Å². The number of carbonyl (C=O) groups excluding carboxylic acids is 1. The van der Waals surface area contributed by atoms with Gasteiger partial charge in [0.15, 0.2) is 35.0 Å². The van der Waals surface area contributed by atoms with Crippen LogP contribution < -0.4 is 0 Å². The summed E-state index contributed by atoms with van der Waals surface area (Å²) in [6.45, 7) is 35.7. The van der Waals surface area contributed by atoms with Gasteiger partial charge in [-0.2, -0.15) is 0 Å². The molecular formula is C46H89NO13Si2. The van der Waals surface area contributed by atoms with E-state index in [9.17, 15) is 15.0 Å². The number of ether oxygens (including phenoxy) is 8. The van der Waals surface area contributed by atoms with E-state index in [0.717, 1.165) is 6.42 Å². The van der Waals surface area contributed by atoms with Crippen LogP contribution in [0.4, 0.5) is 0 Å². The lowest BCUT2D eigenvalue weighted by Gasteiger charge is -2.54. The van der Waals surface area contributed by atoms with Gasteiger partial charge in [-0.05, 0) is 134 Å². The molecule has 0 aromatic carbocycles. The van der Waals surface area contributed by atoms with Crippen LogP contribution in [-0.2, 0) is 51.5 Å². The van der Waals surface area contributed by atoms with Gasteiger partial charge in [0.05, 0.1) is 59.8 Å². The van der Waals surface area contributed by atoms with Gasteiger partial charge in [-0.1, -0.05) is 27.7 Å². The molecule has 0 spiro atoms. The molecule has 4 saturated heterocycles. The summed E-state index contributed by atoms with van der Waals surface area (Å²) in [4.78, 5) is 16.9. The van der Waals surface area contributed by atoms with Gasteiger partial charge in [-0.25, -0.2) is 0 Å². The van der Waals surface area contributed by atoms with Crippen molar-refractivity contribution in [2.75, 3.05) is 21.2 Å². The summed E-state index contributed by atoms with van der Waals surface area (Å²) in [7, 11) is 1.57. The molecule has 0 amide bonds. The predicted octanol–water partition coefficient (Wildman–Crippen LogP) is 7.09. The van der Waals surface area contributed by atoms with Gasteiger partial charge in [0.1, 0.15) is 17.8 Å².